The Morgan fingerprint density at radius 1 is 1.00 bits per heavy atom. The third-order valence-electron chi connectivity index (χ3n) is 5.02. The highest BCUT2D eigenvalue weighted by Crippen LogP contribution is 2.30. The van der Waals surface area contributed by atoms with E-state index in [0.29, 0.717) is 17.1 Å². The van der Waals surface area contributed by atoms with E-state index in [-0.39, 0.29) is 18.9 Å². The van der Waals surface area contributed by atoms with Crippen LogP contribution in [0.25, 0.3) is 0 Å². The standard InChI is InChI=1S/C25H27ClN2O3S2/c1-19-8-3-5-10-23(19)28(33(2,30)31)17-7-12-25(29)27-22-9-4-6-11-24(22)32-18-20-13-15-21(26)16-14-20/h3-6,8-11,13-16H,7,12,17-18H2,1-2H3,(H,27,29). The van der Waals surface area contributed by atoms with Gasteiger partial charge in [0.1, 0.15) is 0 Å². The third kappa shape index (κ3) is 7.52. The summed E-state index contributed by atoms with van der Waals surface area (Å²) in [6.45, 7) is 2.11. The Morgan fingerprint density at radius 3 is 2.36 bits per heavy atom. The van der Waals surface area contributed by atoms with Crippen LogP contribution in [0, 0.1) is 6.92 Å². The number of hydrogen-bond donors (Lipinski definition) is 1. The van der Waals surface area contributed by atoms with E-state index in [0.717, 1.165) is 27.5 Å². The number of para-hydroxylation sites is 2. The van der Waals surface area contributed by atoms with Crippen molar-refractivity contribution in [2.75, 3.05) is 22.4 Å². The van der Waals surface area contributed by atoms with Gasteiger partial charge in [-0.15, -0.1) is 11.8 Å². The molecule has 0 unspecified atom stereocenters. The molecule has 3 aromatic rings. The molecule has 0 aromatic heterocycles. The van der Waals surface area contributed by atoms with Gasteiger partial charge in [0.05, 0.1) is 17.6 Å². The Hall–Kier alpha value is -2.48. The van der Waals surface area contributed by atoms with Gasteiger partial charge in [0, 0.05) is 28.6 Å². The molecule has 0 radical (unpaired) electrons. The minimum Gasteiger partial charge on any atom is -0.325 e. The van der Waals surface area contributed by atoms with Crippen molar-refractivity contribution in [2.45, 2.75) is 30.4 Å². The minimum absolute atomic E-state index is 0.146. The van der Waals surface area contributed by atoms with E-state index in [1.54, 1.807) is 17.8 Å². The molecule has 0 aliphatic rings. The van der Waals surface area contributed by atoms with E-state index < -0.39 is 10.0 Å². The molecule has 0 saturated heterocycles. The molecule has 1 N–H and O–H groups in total. The zero-order valence-corrected chi connectivity index (χ0v) is 21.0. The Balaban J connectivity index is 1.58. The molecule has 0 aliphatic carbocycles. The van der Waals surface area contributed by atoms with E-state index in [4.69, 9.17) is 11.6 Å². The van der Waals surface area contributed by atoms with Crippen molar-refractivity contribution in [3.8, 4) is 0 Å². The Morgan fingerprint density at radius 2 is 1.67 bits per heavy atom. The van der Waals surface area contributed by atoms with Crippen LogP contribution in [0.4, 0.5) is 11.4 Å². The summed E-state index contributed by atoms with van der Waals surface area (Å²) in [6.07, 6.45) is 1.81. The summed E-state index contributed by atoms with van der Waals surface area (Å²) in [6, 6.07) is 22.7. The quantitative estimate of drug-likeness (QED) is 0.339. The summed E-state index contributed by atoms with van der Waals surface area (Å²) in [5.74, 6) is 0.608. The van der Waals surface area contributed by atoms with Gasteiger partial charge >= 0.3 is 0 Å². The number of halogens is 1. The van der Waals surface area contributed by atoms with Crippen LogP contribution in [0.5, 0.6) is 0 Å². The lowest BCUT2D eigenvalue weighted by Crippen LogP contribution is -2.32. The van der Waals surface area contributed by atoms with E-state index in [9.17, 15) is 13.2 Å². The van der Waals surface area contributed by atoms with Gasteiger partial charge in [-0.1, -0.05) is 54.1 Å². The van der Waals surface area contributed by atoms with Crippen LogP contribution < -0.4 is 9.62 Å². The molecule has 33 heavy (non-hydrogen) atoms. The molecule has 3 aromatic carbocycles. The molecule has 0 fully saturated rings. The van der Waals surface area contributed by atoms with Crippen molar-refractivity contribution in [3.63, 3.8) is 0 Å². The second-order valence-corrected chi connectivity index (χ2v) is 11.0. The van der Waals surface area contributed by atoms with Crippen LogP contribution in [0.2, 0.25) is 5.02 Å². The summed E-state index contributed by atoms with van der Waals surface area (Å²) in [5.41, 5.74) is 3.41. The van der Waals surface area contributed by atoms with Crippen LogP contribution in [-0.4, -0.2) is 27.1 Å². The van der Waals surface area contributed by atoms with Gasteiger partial charge < -0.3 is 5.32 Å². The van der Waals surface area contributed by atoms with E-state index >= 15 is 0 Å². The smallest absolute Gasteiger partial charge is 0.232 e. The number of amides is 1. The molecular weight excluding hydrogens is 476 g/mol. The topological polar surface area (TPSA) is 66.5 Å². The maximum Gasteiger partial charge on any atom is 0.232 e. The molecule has 174 valence electrons. The molecular formula is C25H27ClN2O3S2. The Bertz CT molecular complexity index is 1200. The molecule has 1 amide bonds. The monoisotopic (exact) mass is 502 g/mol. The summed E-state index contributed by atoms with van der Waals surface area (Å²) >= 11 is 7.58. The van der Waals surface area contributed by atoms with Gasteiger partial charge in [0.2, 0.25) is 15.9 Å². The van der Waals surface area contributed by atoms with Crippen LogP contribution in [0.3, 0.4) is 0 Å². The fraction of sp³-hybridized carbons (Fsp3) is 0.240. The lowest BCUT2D eigenvalue weighted by molar-refractivity contribution is -0.116. The van der Waals surface area contributed by atoms with Crippen molar-refractivity contribution in [2.24, 2.45) is 0 Å². The molecule has 0 heterocycles. The highest BCUT2D eigenvalue weighted by Gasteiger charge is 2.19. The number of nitrogens with zero attached hydrogens (tertiary/aromatic N) is 1. The molecule has 5 nitrogen and oxygen atoms in total. The van der Waals surface area contributed by atoms with Crippen molar-refractivity contribution < 1.29 is 13.2 Å². The summed E-state index contributed by atoms with van der Waals surface area (Å²) in [7, 11) is -3.45. The first-order valence-corrected chi connectivity index (χ1v) is 13.7. The number of rotatable bonds is 10. The lowest BCUT2D eigenvalue weighted by Gasteiger charge is -2.24. The van der Waals surface area contributed by atoms with E-state index in [1.165, 1.54) is 10.6 Å². The Labute approximate surface area is 205 Å². The molecule has 0 bridgehead atoms. The number of benzene rings is 3. The molecule has 3 rings (SSSR count). The van der Waals surface area contributed by atoms with Crippen molar-refractivity contribution in [1.29, 1.82) is 0 Å². The highest BCUT2D eigenvalue weighted by molar-refractivity contribution is 7.98. The number of anilines is 2. The first-order valence-electron chi connectivity index (χ1n) is 10.5. The number of carbonyl (C=O) groups excluding carboxylic acids is 1. The molecule has 0 aliphatic heterocycles. The number of thioether (sulfide) groups is 1. The summed E-state index contributed by atoms with van der Waals surface area (Å²) < 4.78 is 26.0. The van der Waals surface area contributed by atoms with Gasteiger partial charge in [0.25, 0.3) is 0 Å². The lowest BCUT2D eigenvalue weighted by atomic mass is 10.2. The summed E-state index contributed by atoms with van der Waals surface area (Å²) in [4.78, 5) is 13.6. The van der Waals surface area contributed by atoms with Crippen LogP contribution in [-0.2, 0) is 20.6 Å². The van der Waals surface area contributed by atoms with Gasteiger partial charge in [-0.2, -0.15) is 0 Å². The molecule has 0 spiro atoms. The maximum atomic E-state index is 12.6. The molecule has 8 heteroatoms. The van der Waals surface area contributed by atoms with Crippen LogP contribution in [0.1, 0.15) is 24.0 Å². The largest absolute Gasteiger partial charge is 0.325 e. The average Bonchev–Trinajstić information content (AvgIpc) is 2.77. The zero-order chi connectivity index (χ0) is 23.8. The van der Waals surface area contributed by atoms with E-state index in [1.807, 2.05) is 73.7 Å². The van der Waals surface area contributed by atoms with Gasteiger partial charge in [-0.25, -0.2) is 8.42 Å². The Kier molecular flexibility index (Phi) is 8.83. The first kappa shape index (κ1) is 25.1. The first-order chi connectivity index (χ1) is 15.7. The maximum absolute atomic E-state index is 12.6. The number of hydrogen-bond acceptors (Lipinski definition) is 4. The number of nitrogens with one attached hydrogen (secondary N) is 1. The third-order valence-corrected chi connectivity index (χ3v) is 7.59. The number of carbonyl (C=O) groups is 1. The zero-order valence-electron chi connectivity index (χ0n) is 18.6. The van der Waals surface area contributed by atoms with Crippen molar-refractivity contribution in [1.82, 2.24) is 0 Å². The number of aryl methyl sites for hydroxylation is 1. The van der Waals surface area contributed by atoms with Gasteiger partial charge in [-0.05, 0) is 54.8 Å². The van der Waals surface area contributed by atoms with Crippen LogP contribution >= 0.6 is 23.4 Å². The van der Waals surface area contributed by atoms with Crippen molar-refractivity contribution >= 4 is 50.7 Å². The number of sulfonamides is 1. The minimum atomic E-state index is -3.45. The fourth-order valence-electron chi connectivity index (χ4n) is 3.34. The average molecular weight is 503 g/mol. The highest BCUT2D eigenvalue weighted by atomic mass is 35.5. The van der Waals surface area contributed by atoms with E-state index in [2.05, 4.69) is 5.32 Å². The van der Waals surface area contributed by atoms with Gasteiger partial charge in [-0.3, -0.25) is 9.10 Å². The SMILES string of the molecule is Cc1ccccc1N(CCCC(=O)Nc1ccccc1SCc1ccc(Cl)cc1)S(C)(=O)=O. The molecule has 0 saturated carbocycles. The predicted molar refractivity (Wildman–Crippen MR) is 139 cm³/mol. The fourth-order valence-corrected chi connectivity index (χ4v) is 5.45. The second-order valence-electron chi connectivity index (χ2n) is 7.68. The van der Waals surface area contributed by atoms with Gasteiger partial charge in [0.15, 0.2) is 0 Å². The predicted octanol–water partition coefficient (Wildman–Crippen LogP) is 6.13. The normalized spacial score (nSPS) is 11.2. The van der Waals surface area contributed by atoms with Crippen molar-refractivity contribution in [3.05, 3.63) is 88.9 Å². The second kappa shape index (κ2) is 11.6. The molecule has 0 atom stereocenters. The van der Waals surface area contributed by atoms with Crippen LogP contribution in [0.15, 0.2) is 77.7 Å². The summed E-state index contributed by atoms with van der Waals surface area (Å²) in [5, 5.41) is 3.67.